The fraction of sp³-hybridized carbons (Fsp3) is 0.333. The van der Waals surface area contributed by atoms with Gasteiger partial charge in [-0.25, -0.2) is 0 Å². The van der Waals surface area contributed by atoms with Gasteiger partial charge in [-0.15, -0.1) is 10.2 Å². The summed E-state index contributed by atoms with van der Waals surface area (Å²) in [6.07, 6.45) is 5.14. The molecule has 7 nitrogen and oxygen atoms in total. The van der Waals surface area contributed by atoms with Gasteiger partial charge in [0.2, 0.25) is 5.95 Å². The first-order chi connectivity index (χ1) is 12.2. The number of para-hydroxylation sites is 1. The van der Waals surface area contributed by atoms with Crippen molar-refractivity contribution in [3.8, 4) is 5.69 Å². The van der Waals surface area contributed by atoms with E-state index in [2.05, 4.69) is 34.5 Å². The first kappa shape index (κ1) is 16.9. The van der Waals surface area contributed by atoms with E-state index in [1.807, 2.05) is 41.9 Å². The van der Waals surface area contributed by atoms with Crippen molar-refractivity contribution in [1.29, 1.82) is 0 Å². The number of rotatable bonds is 6. The van der Waals surface area contributed by atoms with Gasteiger partial charge in [-0.05, 0) is 31.9 Å². The number of nitrogens with one attached hydrogen (secondary N) is 1. The van der Waals surface area contributed by atoms with Crippen LogP contribution in [0.2, 0.25) is 0 Å². The minimum Gasteiger partial charge on any atom is -0.290 e. The van der Waals surface area contributed by atoms with Crippen molar-refractivity contribution in [3.63, 3.8) is 0 Å². The van der Waals surface area contributed by atoms with Crippen LogP contribution in [-0.2, 0) is 0 Å². The summed E-state index contributed by atoms with van der Waals surface area (Å²) in [5.74, 6) is 0.144. The molecule has 0 saturated heterocycles. The van der Waals surface area contributed by atoms with Gasteiger partial charge < -0.3 is 0 Å². The van der Waals surface area contributed by atoms with Crippen LogP contribution in [0.3, 0.4) is 0 Å². The summed E-state index contributed by atoms with van der Waals surface area (Å²) in [5.41, 5.74) is 2.29. The van der Waals surface area contributed by atoms with Gasteiger partial charge >= 0.3 is 0 Å². The van der Waals surface area contributed by atoms with Gasteiger partial charge in [0.05, 0.1) is 23.5 Å². The quantitative estimate of drug-likeness (QED) is 0.747. The molecule has 2 heterocycles. The molecule has 25 heavy (non-hydrogen) atoms. The van der Waals surface area contributed by atoms with E-state index in [4.69, 9.17) is 0 Å². The molecule has 1 aromatic carbocycles. The van der Waals surface area contributed by atoms with Gasteiger partial charge in [-0.3, -0.25) is 19.4 Å². The van der Waals surface area contributed by atoms with Crippen LogP contribution in [-0.4, -0.2) is 30.5 Å². The second-order valence-electron chi connectivity index (χ2n) is 5.87. The van der Waals surface area contributed by atoms with Gasteiger partial charge in [0.15, 0.2) is 0 Å². The number of nitrogens with zero attached hydrogens (tertiary/aromatic N) is 5. The molecule has 0 fully saturated rings. The van der Waals surface area contributed by atoms with Crippen molar-refractivity contribution in [2.24, 2.45) is 0 Å². The average molecular weight is 338 g/mol. The summed E-state index contributed by atoms with van der Waals surface area (Å²) in [7, 11) is 0. The number of amides is 1. The lowest BCUT2D eigenvalue weighted by Gasteiger charge is -2.15. The topological polar surface area (TPSA) is 77.6 Å². The maximum atomic E-state index is 12.7. The van der Waals surface area contributed by atoms with E-state index in [1.54, 1.807) is 17.1 Å². The number of carbonyl (C=O) groups excluding carboxylic acids is 1. The number of aromatic nitrogens is 5. The van der Waals surface area contributed by atoms with E-state index in [1.165, 1.54) is 0 Å². The zero-order chi connectivity index (χ0) is 17.8. The Labute approximate surface area is 146 Å². The number of anilines is 1. The molecule has 0 aliphatic rings. The molecule has 7 heteroatoms. The molecule has 0 aliphatic carbocycles. The Morgan fingerprint density at radius 2 is 1.92 bits per heavy atom. The highest BCUT2D eigenvalue weighted by Crippen LogP contribution is 2.20. The summed E-state index contributed by atoms with van der Waals surface area (Å²) in [6, 6.07) is 9.93. The van der Waals surface area contributed by atoms with Crippen LogP contribution in [0, 0.1) is 6.92 Å². The predicted octanol–water partition coefficient (Wildman–Crippen LogP) is 3.39. The maximum Gasteiger partial charge on any atom is 0.261 e. The van der Waals surface area contributed by atoms with E-state index < -0.39 is 0 Å². The second-order valence-corrected chi connectivity index (χ2v) is 5.87. The Morgan fingerprint density at radius 1 is 1.20 bits per heavy atom. The van der Waals surface area contributed by atoms with Crippen LogP contribution in [0.15, 0.2) is 42.9 Å². The molecule has 0 atom stereocenters. The lowest BCUT2D eigenvalue weighted by Crippen LogP contribution is -2.17. The average Bonchev–Trinajstić information content (AvgIpc) is 3.24. The van der Waals surface area contributed by atoms with E-state index in [0.717, 1.165) is 24.2 Å². The first-order valence-corrected chi connectivity index (χ1v) is 8.46. The fourth-order valence-electron chi connectivity index (χ4n) is 2.92. The highest BCUT2D eigenvalue weighted by Gasteiger charge is 2.19. The third-order valence-corrected chi connectivity index (χ3v) is 4.39. The fourth-order valence-corrected chi connectivity index (χ4v) is 2.92. The van der Waals surface area contributed by atoms with Crippen molar-refractivity contribution in [1.82, 2.24) is 24.5 Å². The normalized spacial score (nSPS) is 11.0. The van der Waals surface area contributed by atoms with Gasteiger partial charge in [-0.1, -0.05) is 32.0 Å². The van der Waals surface area contributed by atoms with Crippen LogP contribution in [0.25, 0.3) is 5.69 Å². The van der Waals surface area contributed by atoms with Crippen LogP contribution < -0.4 is 5.32 Å². The van der Waals surface area contributed by atoms with Crippen molar-refractivity contribution in [2.75, 3.05) is 5.32 Å². The molecule has 0 bridgehead atoms. The number of hydrogen-bond acceptors (Lipinski definition) is 4. The predicted molar refractivity (Wildman–Crippen MR) is 95.9 cm³/mol. The second kappa shape index (κ2) is 7.29. The van der Waals surface area contributed by atoms with Crippen LogP contribution in [0.5, 0.6) is 0 Å². The molecule has 0 saturated carbocycles. The molecule has 3 rings (SSSR count). The van der Waals surface area contributed by atoms with Crippen molar-refractivity contribution in [3.05, 3.63) is 54.1 Å². The molecule has 1 amide bonds. The Kier molecular flexibility index (Phi) is 4.92. The summed E-state index contributed by atoms with van der Waals surface area (Å²) in [4.78, 5) is 12.7. The standard InChI is InChI=1S/C18H22N6O/c1-4-14(5-2)24-13(3)16(11-20-24)17(25)21-18-22-19-12-23(18)15-9-7-6-8-10-15/h6-12,14H,4-5H2,1-3H3,(H,21,22,25). The zero-order valence-electron chi connectivity index (χ0n) is 14.7. The summed E-state index contributed by atoms with van der Waals surface area (Å²) < 4.78 is 3.66. The van der Waals surface area contributed by atoms with E-state index >= 15 is 0 Å². The van der Waals surface area contributed by atoms with Crippen molar-refractivity contribution in [2.45, 2.75) is 39.7 Å². The smallest absolute Gasteiger partial charge is 0.261 e. The zero-order valence-corrected chi connectivity index (χ0v) is 14.7. The molecule has 0 unspecified atom stereocenters. The maximum absolute atomic E-state index is 12.7. The van der Waals surface area contributed by atoms with Gasteiger partial charge in [0, 0.05) is 5.69 Å². The van der Waals surface area contributed by atoms with Crippen LogP contribution in [0.1, 0.15) is 48.8 Å². The Balaban J connectivity index is 1.84. The number of carbonyl (C=O) groups is 1. The minimum atomic E-state index is -0.236. The van der Waals surface area contributed by atoms with Crippen molar-refractivity contribution >= 4 is 11.9 Å². The molecule has 2 aromatic heterocycles. The number of benzene rings is 1. The van der Waals surface area contributed by atoms with E-state index in [0.29, 0.717) is 17.6 Å². The molecule has 3 aromatic rings. The van der Waals surface area contributed by atoms with Gasteiger partial charge in [0.1, 0.15) is 6.33 Å². The Morgan fingerprint density at radius 3 is 2.60 bits per heavy atom. The molecular weight excluding hydrogens is 316 g/mol. The molecule has 1 N–H and O–H groups in total. The lowest BCUT2D eigenvalue weighted by molar-refractivity contribution is 0.102. The molecule has 0 spiro atoms. The summed E-state index contributed by atoms with van der Waals surface area (Å²) in [6.45, 7) is 6.16. The largest absolute Gasteiger partial charge is 0.290 e. The molecule has 0 radical (unpaired) electrons. The van der Waals surface area contributed by atoms with Crippen LogP contribution >= 0.6 is 0 Å². The lowest BCUT2D eigenvalue weighted by atomic mass is 10.1. The van der Waals surface area contributed by atoms with E-state index in [9.17, 15) is 4.79 Å². The SMILES string of the molecule is CCC(CC)n1ncc(C(=O)Nc2nncn2-c2ccccc2)c1C. The highest BCUT2D eigenvalue weighted by molar-refractivity contribution is 6.04. The highest BCUT2D eigenvalue weighted by atomic mass is 16.1. The molecular formula is C18H22N6O. The third-order valence-electron chi connectivity index (χ3n) is 4.39. The van der Waals surface area contributed by atoms with Gasteiger partial charge in [0.25, 0.3) is 5.91 Å². The monoisotopic (exact) mass is 338 g/mol. The Bertz CT molecular complexity index is 848. The summed E-state index contributed by atoms with van der Waals surface area (Å²) >= 11 is 0. The van der Waals surface area contributed by atoms with E-state index in [-0.39, 0.29) is 5.91 Å². The van der Waals surface area contributed by atoms with Crippen LogP contribution in [0.4, 0.5) is 5.95 Å². The van der Waals surface area contributed by atoms with Gasteiger partial charge in [-0.2, -0.15) is 5.10 Å². The van der Waals surface area contributed by atoms with Crippen molar-refractivity contribution < 1.29 is 4.79 Å². The molecule has 130 valence electrons. The minimum absolute atomic E-state index is 0.236. The molecule has 0 aliphatic heterocycles. The number of hydrogen-bond donors (Lipinski definition) is 1. The third kappa shape index (κ3) is 3.31. The summed E-state index contributed by atoms with van der Waals surface area (Å²) in [5, 5.41) is 15.2. The first-order valence-electron chi connectivity index (χ1n) is 8.46. The Hall–Kier alpha value is -2.96.